The van der Waals surface area contributed by atoms with Crippen molar-refractivity contribution in [3.63, 3.8) is 0 Å². The molecule has 0 aliphatic rings. The molecule has 15 heavy (non-hydrogen) atoms. The van der Waals surface area contributed by atoms with E-state index in [4.69, 9.17) is 11.5 Å². The van der Waals surface area contributed by atoms with Crippen LogP contribution < -0.4 is 11.5 Å². The number of hydrogen-bond acceptors (Lipinski definition) is 3. The number of Topliss-reactive ketones (excluding diaryl/α,β-unsaturated/α-hetero) is 1. The fourth-order valence-corrected chi connectivity index (χ4v) is 1.23. The van der Waals surface area contributed by atoms with Crippen molar-refractivity contribution < 1.29 is 9.59 Å². The van der Waals surface area contributed by atoms with Crippen molar-refractivity contribution in [3.05, 3.63) is 35.4 Å². The van der Waals surface area contributed by atoms with Crippen LogP contribution in [0, 0.1) is 0 Å². The van der Waals surface area contributed by atoms with Crippen LogP contribution in [0.3, 0.4) is 0 Å². The van der Waals surface area contributed by atoms with Crippen molar-refractivity contribution >= 4 is 11.7 Å². The van der Waals surface area contributed by atoms with E-state index in [1.807, 2.05) is 0 Å². The number of hydrogen-bond donors (Lipinski definition) is 2. The normalized spacial score (nSPS) is 12.1. The minimum absolute atomic E-state index is 0.0146. The van der Waals surface area contributed by atoms with Crippen LogP contribution in [-0.4, -0.2) is 17.7 Å². The van der Waals surface area contributed by atoms with Crippen molar-refractivity contribution in [2.45, 2.75) is 19.4 Å². The average molecular weight is 206 g/mol. The van der Waals surface area contributed by atoms with Gasteiger partial charge in [-0.1, -0.05) is 24.3 Å². The highest BCUT2D eigenvalue weighted by atomic mass is 16.1. The zero-order valence-corrected chi connectivity index (χ0v) is 8.57. The van der Waals surface area contributed by atoms with Gasteiger partial charge in [0.15, 0.2) is 5.78 Å². The van der Waals surface area contributed by atoms with Gasteiger partial charge in [-0.05, 0) is 18.9 Å². The molecule has 1 unspecified atom stereocenters. The molecule has 1 aromatic rings. The molecular weight excluding hydrogens is 192 g/mol. The van der Waals surface area contributed by atoms with Crippen LogP contribution in [0.25, 0.3) is 0 Å². The Kier molecular flexibility index (Phi) is 3.57. The second kappa shape index (κ2) is 4.70. The van der Waals surface area contributed by atoms with E-state index in [0.29, 0.717) is 12.0 Å². The van der Waals surface area contributed by atoms with Gasteiger partial charge in [-0.3, -0.25) is 9.59 Å². The quantitative estimate of drug-likeness (QED) is 0.692. The van der Waals surface area contributed by atoms with Gasteiger partial charge in [0.05, 0.1) is 6.04 Å². The standard InChI is InChI=1S/C11H14N2O2/c1-7(14)9-4-2-8(3-5-9)6-10(12)11(13)15/h2-5,10H,6,12H2,1H3,(H2,13,15). The minimum Gasteiger partial charge on any atom is -0.368 e. The molecule has 1 aromatic carbocycles. The van der Waals surface area contributed by atoms with Crippen molar-refractivity contribution in [2.75, 3.05) is 0 Å². The minimum atomic E-state index is -0.673. The van der Waals surface area contributed by atoms with Gasteiger partial charge in [-0.25, -0.2) is 0 Å². The summed E-state index contributed by atoms with van der Waals surface area (Å²) in [5.41, 5.74) is 12.1. The predicted octanol–water partition coefficient (Wildman–Crippen LogP) is 0.244. The molecule has 0 aliphatic carbocycles. The number of nitrogens with two attached hydrogens (primary N) is 2. The summed E-state index contributed by atoms with van der Waals surface area (Å²) in [7, 11) is 0. The van der Waals surface area contributed by atoms with Crippen LogP contribution in [0.4, 0.5) is 0 Å². The molecule has 0 radical (unpaired) electrons. The van der Waals surface area contributed by atoms with Gasteiger partial charge in [0.2, 0.25) is 5.91 Å². The molecule has 80 valence electrons. The van der Waals surface area contributed by atoms with Crippen molar-refractivity contribution in [1.29, 1.82) is 0 Å². The summed E-state index contributed by atoms with van der Waals surface area (Å²) in [5, 5.41) is 0. The first-order valence-corrected chi connectivity index (χ1v) is 4.65. The molecule has 0 saturated carbocycles. The van der Waals surface area contributed by atoms with E-state index in [2.05, 4.69) is 0 Å². The van der Waals surface area contributed by atoms with Crippen molar-refractivity contribution in [3.8, 4) is 0 Å². The molecule has 0 heterocycles. The zero-order chi connectivity index (χ0) is 11.4. The molecule has 0 spiro atoms. The second-order valence-corrected chi connectivity index (χ2v) is 3.47. The maximum absolute atomic E-state index is 11.0. The molecule has 0 saturated heterocycles. The zero-order valence-electron chi connectivity index (χ0n) is 8.57. The lowest BCUT2D eigenvalue weighted by atomic mass is 10.0. The van der Waals surface area contributed by atoms with Gasteiger partial charge >= 0.3 is 0 Å². The summed E-state index contributed by atoms with van der Waals surface area (Å²) in [6.07, 6.45) is 0.396. The van der Waals surface area contributed by atoms with E-state index in [1.54, 1.807) is 24.3 Å². The Morgan fingerprint density at radius 3 is 2.20 bits per heavy atom. The molecule has 4 heteroatoms. The third kappa shape index (κ3) is 3.18. The molecule has 1 rings (SSSR count). The van der Waals surface area contributed by atoms with E-state index in [9.17, 15) is 9.59 Å². The molecular formula is C11H14N2O2. The summed E-state index contributed by atoms with van der Waals surface area (Å²) in [6, 6.07) is 6.31. The molecule has 0 aliphatic heterocycles. The molecule has 1 atom stereocenters. The van der Waals surface area contributed by atoms with Crippen molar-refractivity contribution in [1.82, 2.24) is 0 Å². The Hall–Kier alpha value is -1.68. The molecule has 4 nitrogen and oxygen atoms in total. The van der Waals surface area contributed by atoms with E-state index >= 15 is 0 Å². The highest BCUT2D eigenvalue weighted by molar-refractivity contribution is 5.94. The largest absolute Gasteiger partial charge is 0.368 e. The second-order valence-electron chi connectivity index (χ2n) is 3.47. The van der Waals surface area contributed by atoms with Crippen LogP contribution in [0.2, 0.25) is 0 Å². The third-order valence-corrected chi connectivity index (χ3v) is 2.18. The summed E-state index contributed by atoms with van der Waals surface area (Å²) in [5.74, 6) is -0.508. The Morgan fingerprint density at radius 2 is 1.80 bits per heavy atom. The van der Waals surface area contributed by atoms with E-state index in [0.717, 1.165) is 5.56 Å². The first-order chi connectivity index (χ1) is 7.00. The van der Waals surface area contributed by atoms with Crippen LogP contribution in [0.1, 0.15) is 22.8 Å². The fourth-order valence-electron chi connectivity index (χ4n) is 1.23. The molecule has 4 N–H and O–H groups in total. The van der Waals surface area contributed by atoms with Gasteiger partial charge in [-0.2, -0.15) is 0 Å². The summed E-state index contributed by atoms with van der Waals surface area (Å²) in [4.78, 5) is 21.7. The van der Waals surface area contributed by atoms with Crippen LogP contribution in [0.15, 0.2) is 24.3 Å². The molecule has 0 bridgehead atoms. The smallest absolute Gasteiger partial charge is 0.234 e. The van der Waals surface area contributed by atoms with Gasteiger partial charge < -0.3 is 11.5 Å². The number of primary amides is 1. The first-order valence-electron chi connectivity index (χ1n) is 4.65. The molecule has 0 fully saturated rings. The lowest BCUT2D eigenvalue weighted by Gasteiger charge is -2.07. The Morgan fingerprint density at radius 1 is 1.27 bits per heavy atom. The average Bonchev–Trinajstić information content (AvgIpc) is 2.18. The van der Waals surface area contributed by atoms with Gasteiger partial charge in [0.25, 0.3) is 0 Å². The van der Waals surface area contributed by atoms with Gasteiger partial charge in [-0.15, -0.1) is 0 Å². The van der Waals surface area contributed by atoms with Crippen LogP contribution in [0.5, 0.6) is 0 Å². The van der Waals surface area contributed by atoms with E-state index in [1.165, 1.54) is 6.92 Å². The molecule has 1 amide bonds. The number of carbonyl (C=O) groups excluding carboxylic acids is 2. The number of amides is 1. The highest BCUT2D eigenvalue weighted by Crippen LogP contribution is 2.06. The summed E-state index contributed by atoms with van der Waals surface area (Å²) < 4.78 is 0. The number of carbonyl (C=O) groups is 2. The Labute approximate surface area is 88.3 Å². The Bertz CT molecular complexity index is 371. The lowest BCUT2D eigenvalue weighted by molar-refractivity contribution is -0.119. The number of benzene rings is 1. The van der Waals surface area contributed by atoms with E-state index < -0.39 is 11.9 Å². The number of rotatable bonds is 4. The third-order valence-electron chi connectivity index (χ3n) is 2.18. The summed E-state index contributed by atoms with van der Waals surface area (Å²) in [6.45, 7) is 1.50. The maximum Gasteiger partial charge on any atom is 0.234 e. The monoisotopic (exact) mass is 206 g/mol. The SMILES string of the molecule is CC(=O)c1ccc(CC(N)C(N)=O)cc1. The lowest BCUT2D eigenvalue weighted by Crippen LogP contribution is -2.38. The maximum atomic E-state index is 11.0. The Balaban J connectivity index is 2.72. The predicted molar refractivity (Wildman–Crippen MR) is 57.3 cm³/mol. The van der Waals surface area contributed by atoms with Gasteiger partial charge in [0.1, 0.15) is 0 Å². The first kappa shape index (κ1) is 11.4. The fraction of sp³-hybridized carbons (Fsp3) is 0.273. The van der Waals surface area contributed by atoms with E-state index in [-0.39, 0.29) is 5.78 Å². The van der Waals surface area contributed by atoms with Crippen LogP contribution >= 0.6 is 0 Å². The van der Waals surface area contributed by atoms with Crippen LogP contribution in [-0.2, 0) is 11.2 Å². The number of ketones is 1. The highest BCUT2D eigenvalue weighted by Gasteiger charge is 2.09. The molecule has 0 aromatic heterocycles. The topological polar surface area (TPSA) is 86.2 Å². The summed E-state index contributed by atoms with van der Waals surface area (Å²) >= 11 is 0. The van der Waals surface area contributed by atoms with Gasteiger partial charge in [0, 0.05) is 5.56 Å². The van der Waals surface area contributed by atoms with Crippen molar-refractivity contribution in [2.24, 2.45) is 11.5 Å².